The van der Waals surface area contributed by atoms with Gasteiger partial charge in [0.25, 0.3) is 5.91 Å². The number of hydrogen-bond acceptors (Lipinski definition) is 4. The fourth-order valence-electron chi connectivity index (χ4n) is 2.77. The molecule has 0 fully saturated rings. The van der Waals surface area contributed by atoms with Crippen LogP contribution in [-0.4, -0.2) is 15.3 Å². The summed E-state index contributed by atoms with van der Waals surface area (Å²) in [6, 6.07) is 17.7. The molecule has 26 heavy (non-hydrogen) atoms. The van der Waals surface area contributed by atoms with E-state index < -0.39 is 6.04 Å². The summed E-state index contributed by atoms with van der Waals surface area (Å²) in [7, 11) is 0. The van der Waals surface area contributed by atoms with Gasteiger partial charge < -0.3 is 14.1 Å². The number of fused-ring (bicyclic) bond motifs is 1. The van der Waals surface area contributed by atoms with Gasteiger partial charge in [0.05, 0.1) is 23.6 Å². The number of imidazole rings is 1. The maximum atomic E-state index is 12.7. The van der Waals surface area contributed by atoms with E-state index in [4.69, 9.17) is 4.42 Å². The molecule has 0 radical (unpaired) electrons. The van der Waals surface area contributed by atoms with Crippen LogP contribution in [0, 0.1) is 11.3 Å². The average molecular weight is 342 g/mol. The third-order valence-electron chi connectivity index (χ3n) is 4.03. The molecule has 0 saturated heterocycles. The SMILES string of the molecule is N#CC(NC(=O)c1cccn2cc(-c3ccccc3)nc12)c1ccco1. The Labute approximate surface area is 149 Å². The molecule has 0 aliphatic rings. The molecule has 0 bridgehead atoms. The molecular formula is C20H14N4O2. The summed E-state index contributed by atoms with van der Waals surface area (Å²) in [6.07, 6.45) is 5.17. The fourth-order valence-corrected chi connectivity index (χ4v) is 2.77. The van der Waals surface area contributed by atoms with Crippen LogP contribution in [0.25, 0.3) is 16.9 Å². The van der Waals surface area contributed by atoms with E-state index in [0.29, 0.717) is 17.0 Å². The van der Waals surface area contributed by atoms with Gasteiger partial charge in [0.2, 0.25) is 0 Å². The molecule has 0 saturated carbocycles. The van der Waals surface area contributed by atoms with Crippen molar-refractivity contribution in [1.82, 2.24) is 14.7 Å². The summed E-state index contributed by atoms with van der Waals surface area (Å²) in [5.41, 5.74) is 2.66. The van der Waals surface area contributed by atoms with Crippen LogP contribution in [0.4, 0.5) is 0 Å². The first-order valence-corrected chi connectivity index (χ1v) is 8.03. The van der Waals surface area contributed by atoms with Crippen molar-refractivity contribution in [3.05, 3.63) is 84.6 Å². The summed E-state index contributed by atoms with van der Waals surface area (Å²) in [5, 5.41) is 12.0. The normalized spacial score (nSPS) is 11.8. The number of nitriles is 1. The zero-order chi connectivity index (χ0) is 17.9. The summed E-state index contributed by atoms with van der Waals surface area (Å²) < 4.78 is 7.01. The summed E-state index contributed by atoms with van der Waals surface area (Å²) in [6.45, 7) is 0. The molecule has 1 amide bonds. The standard InChI is InChI=1S/C20H14N4O2/c21-12-16(18-9-5-11-26-18)23-20(25)15-8-4-10-24-13-17(22-19(15)24)14-6-2-1-3-7-14/h1-11,13,16H,(H,23,25). The predicted molar refractivity (Wildman–Crippen MR) is 95.2 cm³/mol. The van der Waals surface area contributed by atoms with E-state index in [2.05, 4.69) is 10.3 Å². The van der Waals surface area contributed by atoms with Crippen LogP contribution in [0.3, 0.4) is 0 Å². The van der Waals surface area contributed by atoms with Crippen LogP contribution >= 0.6 is 0 Å². The maximum absolute atomic E-state index is 12.7. The summed E-state index contributed by atoms with van der Waals surface area (Å²) in [4.78, 5) is 17.3. The van der Waals surface area contributed by atoms with Crippen LogP contribution in [0.15, 0.2) is 77.7 Å². The number of carbonyl (C=O) groups is 1. The van der Waals surface area contributed by atoms with E-state index in [1.54, 1.807) is 28.7 Å². The number of amides is 1. The van der Waals surface area contributed by atoms with Crippen molar-refractivity contribution in [2.24, 2.45) is 0 Å². The van der Waals surface area contributed by atoms with E-state index in [0.717, 1.165) is 11.3 Å². The smallest absolute Gasteiger partial charge is 0.256 e. The monoisotopic (exact) mass is 342 g/mol. The number of nitrogens with one attached hydrogen (secondary N) is 1. The Hall–Kier alpha value is -3.85. The van der Waals surface area contributed by atoms with E-state index in [1.165, 1.54) is 6.26 Å². The maximum Gasteiger partial charge on any atom is 0.256 e. The van der Waals surface area contributed by atoms with Gasteiger partial charge in [0, 0.05) is 18.0 Å². The number of rotatable bonds is 4. The minimum atomic E-state index is -0.860. The van der Waals surface area contributed by atoms with Crippen LogP contribution in [0.2, 0.25) is 0 Å². The van der Waals surface area contributed by atoms with Crippen molar-refractivity contribution in [3.8, 4) is 17.3 Å². The predicted octanol–water partition coefficient (Wildman–Crippen LogP) is 3.59. The van der Waals surface area contributed by atoms with Gasteiger partial charge in [-0.1, -0.05) is 30.3 Å². The molecule has 6 nitrogen and oxygen atoms in total. The zero-order valence-corrected chi connectivity index (χ0v) is 13.7. The van der Waals surface area contributed by atoms with E-state index in [9.17, 15) is 10.1 Å². The Balaban J connectivity index is 1.69. The largest absolute Gasteiger partial charge is 0.466 e. The molecule has 1 aromatic carbocycles. The second-order valence-corrected chi connectivity index (χ2v) is 5.70. The lowest BCUT2D eigenvalue weighted by Gasteiger charge is -2.09. The Morgan fingerprint density at radius 1 is 1.15 bits per heavy atom. The molecular weight excluding hydrogens is 328 g/mol. The highest BCUT2D eigenvalue weighted by molar-refractivity contribution is 6.00. The number of hydrogen-bond donors (Lipinski definition) is 1. The highest BCUT2D eigenvalue weighted by Gasteiger charge is 2.20. The molecule has 1 N–H and O–H groups in total. The van der Waals surface area contributed by atoms with Crippen molar-refractivity contribution in [2.75, 3.05) is 0 Å². The molecule has 126 valence electrons. The van der Waals surface area contributed by atoms with Crippen LogP contribution in [-0.2, 0) is 0 Å². The van der Waals surface area contributed by atoms with Crippen LogP contribution in [0.1, 0.15) is 22.2 Å². The molecule has 6 heteroatoms. The molecule has 3 heterocycles. The first kappa shape index (κ1) is 15.7. The zero-order valence-electron chi connectivity index (χ0n) is 13.7. The quantitative estimate of drug-likeness (QED) is 0.614. The lowest BCUT2D eigenvalue weighted by molar-refractivity contribution is 0.0942. The molecule has 3 aromatic heterocycles. The molecule has 0 aliphatic heterocycles. The second-order valence-electron chi connectivity index (χ2n) is 5.70. The van der Waals surface area contributed by atoms with Crippen molar-refractivity contribution in [1.29, 1.82) is 5.26 Å². The van der Waals surface area contributed by atoms with Crippen molar-refractivity contribution in [2.45, 2.75) is 6.04 Å². The van der Waals surface area contributed by atoms with E-state index in [1.807, 2.05) is 48.8 Å². The van der Waals surface area contributed by atoms with Crippen molar-refractivity contribution < 1.29 is 9.21 Å². The minimum absolute atomic E-state index is 0.385. The Morgan fingerprint density at radius 3 is 2.73 bits per heavy atom. The van der Waals surface area contributed by atoms with Crippen molar-refractivity contribution >= 4 is 11.6 Å². The lowest BCUT2D eigenvalue weighted by atomic mass is 10.2. The van der Waals surface area contributed by atoms with Gasteiger partial charge in [-0.3, -0.25) is 4.79 Å². The van der Waals surface area contributed by atoms with E-state index in [-0.39, 0.29) is 5.91 Å². The molecule has 0 spiro atoms. The lowest BCUT2D eigenvalue weighted by Crippen LogP contribution is -2.27. The van der Waals surface area contributed by atoms with Gasteiger partial charge in [0.15, 0.2) is 6.04 Å². The number of benzene rings is 1. The third kappa shape index (κ3) is 2.82. The molecule has 1 unspecified atom stereocenters. The molecule has 0 aliphatic carbocycles. The second kappa shape index (κ2) is 6.57. The number of aromatic nitrogens is 2. The van der Waals surface area contributed by atoms with Gasteiger partial charge in [-0.05, 0) is 24.3 Å². The summed E-state index contributed by atoms with van der Waals surface area (Å²) in [5.74, 6) is 0.00452. The van der Waals surface area contributed by atoms with Crippen LogP contribution < -0.4 is 5.32 Å². The van der Waals surface area contributed by atoms with Gasteiger partial charge in [-0.15, -0.1) is 0 Å². The molecule has 4 rings (SSSR count). The Morgan fingerprint density at radius 2 is 2.00 bits per heavy atom. The van der Waals surface area contributed by atoms with Gasteiger partial charge in [0.1, 0.15) is 11.4 Å². The first-order valence-electron chi connectivity index (χ1n) is 8.03. The Kier molecular flexibility index (Phi) is 3.96. The van der Waals surface area contributed by atoms with Gasteiger partial charge in [-0.25, -0.2) is 4.98 Å². The molecule has 4 aromatic rings. The highest BCUT2D eigenvalue weighted by atomic mass is 16.3. The fraction of sp³-hybridized carbons (Fsp3) is 0.0500. The Bertz CT molecular complexity index is 1090. The topological polar surface area (TPSA) is 83.3 Å². The first-order chi connectivity index (χ1) is 12.8. The van der Waals surface area contributed by atoms with Crippen molar-refractivity contribution in [3.63, 3.8) is 0 Å². The minimum Gasteiger partial charge on any atom is -0.466 e. The molecule has 1 atom stereocenters. The summed E-state index contributed by atoms with van der Waals surface area (Å²) >= 11 is 0. The van der Waals surface area contributed by atoms with E-state index >= 15 is 0 Å². The highest BCUT2D eigenvalue weighted by Crippen LogP contribution is 2.21. The average Bonchev–Trinajstić information content (AvgIpc) is 3.36. The van der Waals surface area contributed by atoms with Gasteiger partial charge in [-0.2, -0.15) is 5.26 Å². The van der Waals surface area contributed by atoms with Crippen LogP contribution in [0.5, 0.6) is 0 Å². The van der Waals surface area contributed by atoms with Gasteiger partial charge >= 0.3 is 0 Å². The number of furan rings is 1. The number of nitrogens with zero attached hydrogens (tertiary/aromatic N) is 3. The number of carbonyl (C=O) groups excluding carboxylic acids is 1. The third-order valence-corrected chi connectivity index (χ3v) is 4.03. The number of pyridine rings is 1.